The maximum atomic E-state index is 12.4. The van der Waals surface area contributed by atoms with Gasteiger partial charge in [0.25, 0.3) is 0 Å². The van der Waals surface area contributed by atoms with E-state index in [0.717, 1.165) is 5.56 Å². The van der Waals surface area contributed by atoms with E-state index in [4.69, 9.17) is 16.3 Å². The molecule has 0 heterocycles. The molecule has 0 bridgehead atoms. The maximum absolute atomic E-state index is 12.4. The number of hydrogen-bond donors (Lipinski definition) is 0. The van der Waals surface area contributed by atoms with Gasteiger partial charge in [-0.15, -0.1) is 0 Å². The highest BCUT2D eigenvalue weighted by molar-refractivity contribution is 6.30. The predicted molar refractivity (Wildman–Crippen MR) is 82.3 cm³/mol. The largest absolute Gasteiger partial charge is 0.459 e. The lowest BCUT2D eigenvalue weighted by atomic mass is 9.78. The van der Waals surface area contributed by atoms with Crippen LogP contribution in [0, 0.1) is 5.92 Å². The van der Waals surface area contributed by atoms with Crippen molar-refractivity contribution in [2.24, 2.45) is 5.92 Å². The van der Waals surface area contributed by atoms with Crippen LogP contribution in [0.3, 0.4) is 0 Å². The summed E-state index contributed by atoms with van der Waals surface area (Å²) in [5, 5.41) is 0.595. The van der Waals surface area contributed by atoms with Crippen molar-refractivity contribution in [2.45, 2.75) is 38.7 Å². The third-order valence-corrected chi connectivity index (χ3v) is 3.55. The average molecular weight is 307 g/mol. The summed E-state index contributed by atoms with van der Waals surface area (Å²) in [5.74, 6) is -1.70. The Balaban J connectivity index is 2.32. The van der Waals surface area contributed by atoms with E-state index in [-0.39, 0.29) is 11.7 Å². The highest BCUT2D eigenvalue weighted by atomic mass is 35.5. The Morgan fingerprint density at radius 3 is 2.67 bits per heavy atom. The van der Waals surface area contributed by atoms with Gasteiger partial charge in [-0.3, -0.25) is 9.59 Å². The Morgan fingerprint density at radius 2 is 2.05 bits per heavy atom. The van der Waals surface area contributed by atoms with E-state index in [1.165, 1.54) is 6.08 Å². The van der Waals surface area contributed by atoms with Gasteiger partial charge >= 0.3 is 5.97 Å². The summed E-state index contributed by atoms with van der Waals surface area (Å²) < 4.78 is 5.40. The van der Waals surface area contributed by atoms with Gasteiger partial charge in [0, 0.05) is 10.9 Å². The van der Waals surface area contributed by atoms with E-state index >= 15 is 0 Å². The molecule has 0 spiro atoms. The maximum Gasteiger partial charge on any atom is 0.318 e. The zero-order valence-electron chi connectivity index (χ0n) is 12.4. The van der Waals surface area contributed by atoms with Crippen molar-refractivity contribution in [1.82, 2.24) is 0 Å². The van der Waals surface area contributed by atoms with E-state index in [1.54, 1.807) is 39.0 Å². The molecule has 21 heavy (non-hydrogen) atoms. The number of ether oxygens (including phenoxy) is 1. The third-order valence-electron chi connectivity index (χ3n) is 3.32. The van der Waals surface area contributed by atoms with Crippen LogP contribution in [0.5, 0.6) is 0 Å². The van der Waals surface area contributed by atoms with Gasteiger partial charge in [0.05, 0.1) is 0 Å². The van der Waals surface area contributed by atoms with E-state index in [0.29, 0.717) is 11.4 Å². The molecule has 112 valence electrons. The van der Waals surface area contributed by atoms with Crippen LogP contribution in [0.1, 0.15) is 38.7 Å². The second-order valence-corrected chi connectivity index (χ2v) is 6.65. The van der Waals surface area contributed by atoms with E-state index in [1.807, 2.05) is 12.1 Å². The van der Waals surface area contributed by atoms with E-state index in [2.05, 4.69) is 0 Å². The topological polar surface area (TPSA) is 43.4 Å². The first-order chi connectivity index (χ1) is 9.78. The SMILES string of the molecule is CC(C)(C)OC(=O)[C@@H]1C(=O)C=CC[C@H]1c1cccc(Cl)c1. The molecule has 0 saturated carbocycles. The zero-order chi connectivity index (χ0) is 15.6. The summed E-state index contributed by atoms with van der Waals surface area (Å²) in [4.78, 5) is 24.6. The van der Waals surface area contributed by atoms with Crippen LogP contribution in [0.2, 0.25) is 5.02 Å². The van der Waals surface area contributed by atoms with Crippen LogP contribution in [-0.4, -0.2) is 17.4 Å². The lowest BCUT2D eigenvalue weighted by molar-refractivity contribution is -0.162. The van der Waals surface area contributed by atoms with Crippen LogP contribution in [-0.2, 0) is 14.3 Å². The summed E-state index contributed by atoms with van der Waals surface area (Å²) in [5.41, 5.74) is 0.272. The molecule has 2 atom stereocenters. The predicted octanol–water partition coefficient (Wildman–Crippen LogP) is 3.91. The molecule has 0 radical (unpaired) electrons. The number of halogens is 1. The van der Waals surface area contributed by atoms with Gasteiger partial charge in [0.1, 0.15) is 11.5 Å². The summed E-state index contributed by atoms with van der Waals surface area (Å²) in [6, 6.07) is 7.29. The Labute approximate surface area is 129 Å². The first kappa shape index (κ1) is 15.8. The second kappa shape index (κ2) is 6.02. The first-order valence-electron chi connectivity index (χ1n) is 6.96. The van der Waals surface area contributed by atoms with Crippen molar-refractivity contribution in [3.05, 3.63) is 47.0 Å². The number of esters is 1. The zero-order valence-corrected chi connectivity index (χ0v) is 13.2. The third kappa shape index (κ3) is 3.94. The number of ketones is 1. The summed E-state index contributed by atoms with van der Waals surface area (Å²) in [7, 11) is 0. The number of benzene rings is 1. The van der Waals surface area contributed by atoms with Crippen LogP contribution in [0.25, 0.3) is 0 Å². The van der Waals surface area contributed by atoms with Gasteiger partial charge in [0.15, 0.2) is 5.78 Å². The molecule has 0 unspecified atom stereocenters. The molecule has 1 aromatic carbocycles. The summed E-state index contributed by atoms with van der Waals surface area (Å²) in [6.45, 7) is 5.38. The number of rotatable bonds is 2. The molecule has 0 N–H and O–H groups in total. The number of carbonyl (C=O) groups excluding carboxylic acids is 2. The van der Waals surface area contributed by atoms with Crippen molar-refractivity contribution < 1.29 is 14.3 Å². The van der Waals surface area contributed by atoms with Crippen molar-refractivity contribution in [1.29, 1.82) is 0 Å². The fraction of sp³-hybridized carbons (Fsp3) is 0.412. The molecule has 3 nitrogen and oxygen atoms in total. The highest BCUT2D eigenvalue weighted by Gasteiger charge is 2.38. The fourth-order valence-electron chi connectivity index (χ4n) is 2.48. The smallest absolute Gasteiger partial charge is 0.318 e. The van der Waals surface area contributed by atoms with Crippen molar-refractivity contribution >= 4 is 23.4 Å². The summed E-state index contributed by atoms with van der Waals surface area (Å²) >= 11 is 6.02. The van der Waals surface area contributed by atoms with E-state index in [9.17, 15) is 9.59 Å². The standard InChI is InChI=1S/C17H19ClO3/c1-17(2,3)21-16(20)15-13(8-5-9-14(15)19)11-6-4-7-12(18)10-11/h4-7,9-10,13,15H,8H2,1-3H3/t13-,15-/m0/s1. The van der Waals surface area contributed by atoms with Crippen molar-refractivity contribution in [3.63, 3.8) is 0 Å². The second-order valence-electron chi connectivity index (χ2n) is 6.21. The molecule has 1 aliphatic rings. The monoisotopic (exact) mass is 306 g/mol. The Hall–Kier alpha value is -1.61. The normalized spacial score (nSPS) is 22.2. The minimum atomic E-state index is -0.798. The van der Waals surface area contributed by atoms with Crippen molar-refractivity contribution in [3.8, 4) is 0 Å². The lowest BCUT2D eigenvalue weighted by Gasteiger charge is -2.29. The molecule has 1 aromatic rings. The molecule has 0 aromatic heterocycles. The van der Waals surface area contributed by atoms with Crippen LogP contribution < -0.4 is 0 Å². The van der Waals surface area contributed by atoms with Gasteiger partial charge in [0.2, 0.25) is 0 Å². The quantitative estimate of drug-likeness (QED) is 0.614. The molecule has 1 aliphatic carbocycles. The van der Waals surface area contributed by atoms with E-state index < -0.39 is 17.5 Å². The van der Waals surface area contributed by atoms with Crippen LogP contribution in [0.15, 0.2) is 36.4 Å². The highest BCUT2D eigenvalue weighted by Crippen LogP contribution is 2.35. The fourth-order valence-corrected chi connectivity index (χ4v) is 2.68. The van der Waals surface area contributed by atoms with Crippen LogP contribution >= 0.6 is 11.6 Å². The average Bonchev–Trinajstić information content (AvgIpc) is 2.36. The van der Waals surface area contributed by atoms with Gasteiger partial charge in [-0.25, -0.2) is 0 Å². The van der Waals surface area contributed by atoms with Gasteiger partial charge in [-0.1, -0.05) is 29.8 Å². The minimum absolute atomic E-state index is 0.208. The number of carbonyl (C=O) groups is 2. The molecule has 2 rings (SSSR count). The Kier molecular flexibility index (Phi) is 4.52. The lowest BCUT2D eigenvalue weighted by Crippen LogP contribution is -2.37. The summed E-state index contributed by atoms with van der Waals surface area (Å²) in [6.07, 6.45) is 3.89. The Morgan fingerprint density at radius 1 is 1.33 bits per heavy atom. The first-order valence-corrected chi connectivity index (χ1v) is 7.34. The minimum Gasteiger partial charge on any atom is -0.459 e. The van der Waals surface area contributed by atoms with Crippen molar-refractivity contribution in [2.75, 3.05) is 0 Å². The molecular formula is C17H19ClO3. The molecule has 4 heteroatoms. The molecule has 0 amide bonds. The molecule has 0 aliphatic heterocycles. The number of allylic oxidation sites excluding steroid dienone is 2. The van der Waals surface area contributed by atoms with Gasteiger partial charge in [-0.05, 0) is 51.0 Å². The number of hydrogen-bond acceptors (Lipinski definition) is 3. The molecule has 0 fully saturated rings. The Bertz CT molecular complexity index is 584. The molecular weight excluding hydrogens is 288 g/mol. The van der Waals surface area contributed by atoms with Crippen LogP contribution in [0.4, 0.5) is 0 Å². The van der Waals surface area contributed by atoms with Gasteiger partial charge < -0.3 is 4.74 Å². The molecule has 0 saturated heterocycles. The van der Waals surface area contributed by atoms with Gasteiger partial charge in [-0.2, -0.15) is 0 Å².